The Hall–Kier alpha value is -0.0582. The predicted molar refractivity (Wildman–Crippen MR) is 61.0 cm³/mol. The van der Waals surface area contributed by atoms with Gasteiger partial charge in [-0.05, 0) is 40.5 Å². The Balaban J connectivity index is 2.97. The first-order valence-corrected chi connectivity index (χ1v) is 7.85. The lowest BCUT2D eigenvalue weighted by Gasteiger charge is -2.22. The third-order valence-electron chi connectivity index (χ3n) is 2.94. The van der Waals surface area contributed by atoms with Gasteiger partial charge in [-0.25, -0.2) is 0 Å². The van der Waals surface area contributed by atoms with Crippen LogP contribution in [0.1, 0.15) is 20.3 Å². The molecule has 0 saturated carbocycles. The fraction of sp³-hybridized carbons (Fsp3) is 0.778. The molecule has 13 heavy (non-hydrogen) atoms. The van der Waals surface area contributed by atoms with E-state index in [1.807, 2.05) is 0 Å². The highest BCUT2D eigenvalue weighted by Crippen LogP contribution is 2.32. The minimum atomic E-state index is -1.52. The monoisotopic (exact) mass is 197 g/mol. The summed E-state index contributed by atoms with van der Waals surface area (Å²) in [5, 5.41) is 1.54. The highest BCUT2D eigenvalue weighted by atomic mass is 28.4. The van der Waals surface area contributed by atoms with Crippen LogP contribution in [0.2, 0.25) is 13.1 Å². The molecule has 0 unspecified atom stereocenters. The van der Waals surface area contributed by atoms with Gasteiger partial charge in [-0.2, -0.15) is 0 Å². The van der Waals surface area contributed by atoms with Crippen LogP contribution in [0.4, 0.5) is 0 Å². The van der Waals surface area contributed by atoms with E-state index >= 15 is 0 Å². The Morgan fingerprint density at radius 3 is 2.23 bits per heavy atom. The zero-order valence-corrected chi connectivity index (χ0v) is 10.6. The van der Waals surface area contributed by atoms with Crippen LogP contribution in [0.15, 0.2) is 10.7 Å². The molecule has 2 nitrogen and oxygen atoms in total. The van der Waals surface area contributed by atoms with Crippen molar-refractivity contribution < 1.29 is 4.34 Å². The van der Waals surface area contributed by atoms with Gasteiger partial charge in [-0.3, -0.25) is 0 Å². The molecular formula is C9H20BNOSi. The van der Waals surface area contributed by atoms with Gasteiger partial charge in [0.05, 0.1) is 0 Å². The molecule has 0 saturated heterocycles. The van der Waals surface area contributed by atoms with Gasteiger partial charge in [-0.15, -0.1) is 0 Å². The number of nitrogens with zero attached hydrogens (tertiary/aromatic N) is 1. The van der Waals surface area contributed by atoms with E-state index in [2.05, 4.69) is 45.8 Å². The first kappa shape index (κ1) is 11.0. The number of allylic oxidation sites excluding steroid dienone is 2. The van der Waals surface area contributed by atoms with E-state index in [4.69, 9.17) is 4.34 Å². The lowest BCUT2D eigenvalue weighted by Crippen LogP contribution is -2.40. The molecule has 1 rings (SSSR count). The Bertz CT molecular complexity index is 238. The molecule has 74 valence electrons. The molecule has 0 fully saturated rings. The highest BCUT2D eigenvalue weighted by molar-refractivity contribution is 6.89. The fourth-order valence-corrected chi connectivity index (χ4v) is 4.03. The third kappa shape index (κ3) is 1.90. The molecule has 4 heteroatoms. The van der Waals surface area contributed by atoms with Crippen molar-refractivity contribution in [3.63, 3.8) is 0 Å². The molecule has 0 bridgehead atoms. The van der Waals surface area contributed by atoms with E-state index in [0.717, 1.165) is 6.42 Å². The smallest absolute Gasteiger partial charge is 0.403 e. The van der Waals surface area contributed by atoms with Crippen LogP contribution < -0.4 is 0 Å². The first-order chi connectivity index (χ1) is 5.90. The van der Waals surface area contributed by atoms with Crippen LogP contribution in [-0.2, 0) is 4.34 Å². The first-order valence-electron chi connectivity index (χ1n) is 4.94. The van der Waals surface area contributed by atoms with Crippen molar-refractivity contribution in [1.82, 2.24) is 4.81 Å². The molecule has 1 aliphatic heterocycles. The van der Waals surface area contributed by atoms with Crippen molar-refractivity contribution in [3.05, 3.63) is 10.7 Å². The summed E-state index contributed by atoms with van der Waals surface area (Å²) < 4.78 is 6.12. The molecule has 1 aliphatic rings. The molecular weight excluding hydrogens is 177 g/mol. The molecule has 0 aromatic carbocycles. The summed E-state index contributed by atoms with van der Waals surface area (Å²) in [5.41, 5.74) is 1.50. The van der Waals surface area contributed by atoms with Crippen LogP contribution in [0.25, 0.3) is 0 Å². The van der Waals surface area contributed by atoms with Gasteiger partial charge < -0.3 is 9.15 Å². The summed E-state index contributed by atoms with van der Waals surface area (Å²) in [6.45, 7) is 9.02. The molecule has 0 spiro atoms. The zero-order valence-electron chi connectivity index (χ0n) is 9.64. The lowest BCUT2D eigenvalue weighted by atomic mass is 9.70. The highest BCUT2D eigenvalue weighted by Gasteiger charge is 2.42. The number of hydrogen-bond donors (Lipinski definition) is 0. The van der Waals surface area contributed by atoms with Crippen LogP contribution in [0.3, 0.4) is 0 Å². The lowest BCUT2D eigenvalue weighted by molar-refractivity contribution is 0.485. The van der Waals surface area contributed by atoms with E-state index in [-0.39, 0.29) is 7.05 Å². The molecule has 0 N–H and O–H groups in total. The maximum absolute atomic E-state index is 6.12. The van der Waals surface area contributed by atoms with Crippen molar-refractivity contribution in [1.29, 1.82) is 0 Å². The van der Waals surface area contributed by atoms with Crippen LogP contribution in [-0.4, -0.2) is 34.3 Å². The molecule has 0 aliphatic carbocycles. The van der Waals surface area contributed by atoms with Gasteiger partial charge in [0.15, 0.2) is 8.32 Å². The third-order valence-corrected chi connectivity index (χ3v) is 5.88. The molecule has 0 atom stereocenters. The second-order valence-corrected chi connectivity index (χ2v) is 8.45. The summed E-state index contributed by atoms with van der Waals surface area (Å²) in [7, 11) is 2.90. The Morgan fingerprint density at radius 1 is 1.38 bits per heavy atom. The Morgan fingerprint density at radius 2 is 1.92 bits per heavy atom. The summed E-state index contributed by atoms with van der Waals surface area (Å²) in [6.07, 6.45) is 1.12. The van der Waals surface area contributed by atoms with Crippen molar-refractivity contribution in [2.24, 2.45) is 0 Å². The fourth-order valence-electron chi connectivity index (χ4n) is 1.87. The van der Waals surface area contributed by atoms with E-state index < -0.39 is 8.32 Å². The normalized spacial score (nSPS) is 21.9. The van der Waals surface area contributed by atoms with E-state index in [1.54, 1.807) is 0 Å². The van der Waals surface area contributed by atoms with E-state index in [1.165, 1.54) is 10.7 Å². The van der Waals surface area contributed by atoms with Gasteiger partial charge >= 0.3 is 7.05 Å². The van der Waals surface area contributed by atoms with Crippen LogP contribution in [0, 0.1) is 0 Å². The second kappa shape index (κ2) is 3.60. The average molecular weight is 197 g/mol. The van der Waals surface area contributed by atoms with Crippen molar-refractivity contribution in [3.8, 4) is 0 Å². The molecule has 1 heterocycles. The maximum Gasteiger partial charge on any atom is 0.403 e. The minimum Gasteiger partial charge on any atom is -0.457 e. The standard InChI is InChI=1S/C9H20BNOSi/c1-7-9-8(2)13(5,6)12-10(9)11(3)4/h7H2,1-6H3. The second-order valence-electron chi connectivity index (χ2n) is 4.45. The topological polar surface area (TPSA) is 12.5 Å². The van der Waals surface area contributed by atoms with Gasteiger partial charge in [0, 0.05) is 0 Å². The molecule has 0 radical (unpaired) electrons. The largest absolute Gasteiger partial charge is 0.457 e. The van der Waals surface area contributed by atoms with Crippen LogP contribution >= 0.6 is 0 Å². The van der Waals surface area contributed by atoms with E-state index in [9.17, 15) is 0 Å². The summed E-state index contributed by atoms with van der Waals surface area (Å²) >= 11 is 0. The number of rotatable bonds is 2. The quantitative estimate of drug-likeness (QED) is 0.628. The summed E-state index contributed by atoms with van der Waals surface area (Å²) in [6, 6.07) is 0. The van der Waals surface area contributed by atoms with Crippen LogP contribution in [0.5, 0.6) is 0 Å². The van der Waals surface area contributed by atoms with Gasteiger partial charge in [-0.1, -0.05) is 17.6 Å². The summed E-state index contributed by atoms with van der Waals surface area (Å²) in [4.78, 5) is 2.17. The predicted octanol–water partition coefficient (Wildman–Crippen LogP) is 2.08. The summed E-state index contributed by atoms with van der Waals surface area (Å²) in [5.74, 6) is 0. The van der Waals surface area contributed by atoms with Crippen molar-refractivity contribution >= 4 is 15.4 Å². The van der Waals surface area contributed by atoms with Gasteiger partial charge in [0.1, 0.15) is 0 Å². The minimum absolute atomic E-state index is 0.242. The van der Waals surface area contributed by atoms with Gasteiger partial charge in [0.25, 0.3) is 0 Å². The SMILES string of the molecule is CCC1=C(C)[Si](C)(C)OB1N(C)C. The molecule has 0 aromatic rings. The number of hydrogen-bond acceptors (Lipinski definition) is 2. The zero-order chi connectivity index (χ0) is 10.2. The van der Waals surface area contributed by atoms with Gasteiger partial charge in [0.2, 0.25) is 0 Å². The average Bonchev–Trinajstić information content (AvgIpc) is 2.24. The van der Waals surface area contributed by atoms with Crippen molar-refractivity contribution in [2.75, 3.05) is 14.1 Å². The Labute approximate surface area is 83.2 Å². The van der Waals surface area contributed by atoms with E-state index in [0.29, 0.717) is 0 Å². The maximum atomic E-state index is 6.12. The Kier molecular flexibility index (Phi) is 3.05. The van der Waals surface area contributed by atoms with Crippen molar-refractivity contribution in [2.45, 2.75) is 33.4 Å². The molecule has 0 aromatic heterocycles. The molecule has 0 amide bonds.